The van der Waals surface area contributed by atoms with E-state index in [0.29, 0.717) is 11.6 Å². The lowest BCUT2D eigenvalue weighted by Gasteiger charge is -2.11. The molecule has 26 heavy (non-hydrogen) atoms. The number of nitrogens with zero attached hydrogens (tertiary/aromatic N) is 2. The molecule has 1 aliphatic carbocycles. The number of hydrogen-bond acceptors (Lipinski definition) is 5. The maximum atomic E-state index is 12.3. The molecule has 3 aromatic rings. The number of aromatic amines is 1. The first-order valence-electron chi connectivity index (χ1n) is 8.55. The number of nitrogens with one attached hydrogen (secondary N) is 2. The highest BCUT2D eigenvalue weighted by molar-refractivity contribution is 7.89. The van der Waals surface area contributed by atoms with Crippen LogP contribution < -0.4 is 4.72 Å². The third-order valence-electron chi connectivity index (χ3n) is 4.52. The van der Waals surface area contributed by atoms with E-state index in [9.17, 15) is 8.42 Å². The van der Waals surface area contributed by atoms with Crippen molar-refractivity contribution in [3.05, 3.63) is 42.4 Å². The number of aliphatic hydroxyl groups is 1. The van der Waals surface area contributed by atoms with Crippen molar-refractivity contribution in [1.29, 1.82) is 0 Å². The van der Waals surface area contributed by atoms with Crippen molar-refractivity contribution >= 4 is 21.1 Å². The largest absolute Gasteiger partial charge is 0.395 e. The predicted molar refractivity (Wildman–Crippen MR) is 98.2 cm³/mol. The van der Waals surface area contributed by atoms with Crippen LogP contribution in [0.15, 0.2) is 41.6 Å². The molecule has 1 fully saturated rings. The summed E-state index contributed by atoms with van der Waals surface area (Å²) in [5.41, 5.74) is 3.62. The number of sulfonamides is 1. The topological polar surface area (TPSA) is 108 Å². The highest BCUT2D eigenvalue weighted by Crippen LogP contribution is 2.41. The minimum Gasteiger partial charge on any atom is -0.395 e. The molecule has 136 valence electrons. The monoisotopic (exact) mass is 372 g/mol. The molecule has 0 saturated heterocycles. The fraction of sp³-hybridized carbons (Fsp3) is 0.333. The van der Waals surface area contributed by atoms with Crippen molar-refractivity contribution in [2.24, 2.45) is 0 Å². The Morgan fingerprint density at radius 1 is 1.31 bits per heavy atom. The molecular weight excluding hydrogens is 352 g/mol. The summed E-state index contributed by atoms with van der Waals surface area (Å²) in [5, 5.41) is 10.0. The molecule has 8 heteroatoms. The number of pyridine rings is 2. The van der Waals surface area contributed by atoms with Gasteiger partial charge < -0.3 is 10.1 Å². The molecular formula is C18H20N4O3S. The van der Waals surface area contributed by atoms with Crippen LogP contribution in [0.4, 0.5) is 0 Å². The van der Waals surface area contributed by atoms with Gasteiger partial charge in [0, 0.05) is 35.1 Å². The lowest BCUT2D eigenvalue weighted by Crippen LogP contribution is -2.35. The van der Waals surface area contributed by atoms with Crippen LogP contribution in [0, 0.1) is 0 Å². The van der Waals surface area contributed by atoms with E-state index in [-0.39, 0.29) is 11.5 Å². The normalized spacial score (nSPS) is 16.1. The lowest BCUT2D eigenvalue weighted by molar-refractivity contribution is 0.265. The Balaban J connectivity index is 1.68. The zero-order chi connectivity index (χ0) is 18.3. The average molecular weight is 372 g/mol. The standard InChI is InChI=1S/C18H20N4O3S/c1-11(10-23)22-26(24,25)13-4-5-16(20-9-13)14-6-7-19-18-15(14)8-17(21-18)12-2-3-12/h4-9,11-12,22-23H,2-3,10H2,1H3,(H,19,21)/t11-/m0/s1. The van der Waals surface area contributed by atoms with Crippen molar-refractivity contribution in [3.63, 3.8) is 0 Å². The van der Waals surface area contributed by atoms with Gasteiger partial charge in [0.15, 0.2) is 0 Å². The van der Waals surface area contributed by atoms with Gasteiger partial charge in [-0.1, -0.05) is 0 Å². The second-order valence-corrected chi connectivity index (χ2v) is 8.42. The number of fused-ring (bicyclic) bond motifs is 1. The Labute approximate surface area is 151 Å². The van der Waals surface area contributed by atoms with Crippen LogP contribution in [0.2, 0.25) is 0 Å². The van der Waals surface area contributed by atoms with Crippen LogP contribution in [0.25, 0.3) is 22.3 Å². The van der Waals surface area contributed by atoms with E-state index in [4.69, 9.17) is 5.11 Å². The molecule has 0 amide bonds. The molecule has 3 aromatic heterocycles. The summed E-state index contributed by atoms with van der Waals surface area (Å²) in [4.78, 5) is 12.2. The van der Waals surface area contributed by atoms with Gasteiger partial charge in [-0.15, -0.1) is 0 Å². The summed E-state index contributed by atoms with van der Waals surface area (Å²) in [6.45, 7) is 1.33. The van der Waals surface area contributed by atoms with Crippen LogP contribution >= 0.6 is 0 Å². The van der Waals surface area contributed by atoms with Gasteiger partial charge in [0.05, 0.1) is 12.3 Å². The first kappa shape index (κ1) is 17.1. The Hall–Kier alpha value is -2.29. The van der Waals surface area contributed by atoms with E-state index in [1.165, 1.54) is 30.8 Å². The van der Waals surface area contributed by atoms with Gasteiger partial charge >= 0.3 is 0 Å². The Morgan fingerprint density at radius 2 is 2.12 bits per heavy atom. The van der Waals surface area contributed by atoms with E-state index >= 15 is 0 Å². The smallest absolute Gasteiger partial charge is 0.242 e. The molecule has 0 aliphatic heterocycles. The number of rotatable bonds is 6. The fourth-order valence-corrected chi connectivity index (χ4v) is 4.13. The quantitative estimate of drug-likeness (QED) is 0.614. The molecule has 1 atom stereocenters. The molecule has 4 rings (SSSR count). The molecule has 0 spiro atoms. The number of H-pyrrole nitrogens is 1. The van der Waals surface area contributed by atoms with Crippen LogP contribution in [0.1, 0.15) is 31.4 Å². The summed E-state index contributed by atoms with van der Waals surface area (Å²) >= 11 is 0. The van der Waals surface area contributed by atoms with Crippen molar-refractivity contribution in [2.75, 3.05) is 6.61 Å². The van der Waals surface area contributed by atoms with Crippen LogP contribution in [-0.2, 0) is 10.0 Å². The molecule has 1 saturated carbocycles. The minimum atomic E-state index is -3.70. The van der Waals surface area contributed by atoms with Crippen LogP contribution in [0.5, 0.6) is 0 Å². The van der Waals surface area contributed by atoms with E-state index in [1.807, 2.05) is 6.07 Å². The van der Waals surface area contributed by atoms with Gasteiger partial charge in [-0.3, -0.25) is 4.98 Å². The van der Waals surface area contributed by atoms with E-state index in [1.54, 1.807) is 19.2 Å². The summed E-state index contributed by atoms with van der Waals surface area (Å²) < 4.78 is 26.9. The Morgan fingerprint density at radius 3 is 2.77 bits per heavy atom. The minimum absolute atomic E-state index is 0.0691. The zero-order valence-corrected chi connectivity index (χ0v) is 15.1. The van der Waals surface area contributed by atoms with Gasteiger partial charge in [-0.05, 0) is 49.9 Å². The SMILES string of the molecule is C[C@@H](CO)NS(=O)(=O)c1ccc(-c2ccnc3[nH]c(C4CC4)cc23)nc1. The Kier molecular flexibility index (Phi) is 4.26. The second kappa shape index (κ2) is 6.46. The zero-order valence-electron chi connectivity index (χ0n) is 14.3. The molecule has 0 unspecified atom stereocenters. The maximum absolute atomic E-state index is 12.3. The summed E-state index contributed by atoms with van der Waals surface area (Å²) in [6.07, 6.45) is 5.46. The molecule has 0 bridgehead atoms. The maximum Gasteiger partial charge on any atom is 0.242 e. The Bertz CT molecular complexity index is 1040. The van der Waals surface area contributed by atoms with Gasteiger partial charge in [0.1, 0.15) is 10.5 Å². The average Bonchev–Trinajstić information content (AvgIpc) is 3.39. The molecule has 1 aliphatic rings. The highest BCUT2D eigenvalue weighted by atomic mass is 32.2. The van der Waals surface area contributed by atoms with Gasteiger partial charge in [-0.25, -0.2) is 18.1 Å². The molecule has 7 nitrogen and oxygen atoms in total. The first-order chi connectivity index (χ1) is 12.5. The van der Waals surface area contributed by atoms with Crippen LogP contribution in [0.3, 0.4) is 0 Å². The molecule has 0 aromatic carbocycles. The summed E-state index contributed by atoms with van der Waals surface area (Å²) in [7, 11) is -3.70. The van der Waals surface area contributed by atoms with Gasteiger partial charge in [0.2, 0.25) is 10.0 Å². The van der Waals surface area contributed by atoms with E-state index in [0.717, 1.165) is 16.6 Å². The second-order valence-electron chi connectivity index (χ2n) is 6.70. The number of aliphatic hydroxyl groups excluding tert-OH is 1. The van der Waals surface area contributed by atoms with E-state index < -0.39 is 16.1 Å². The van der Waals surface area contributed by atoms with Crippen molar-refractivity contribution in [3.8, 4) is 11.3 Å². The lowest BCUT2D eigenvalue weighted by atomic mass is 10.1. The number of hydrogen-bond donors (Lipinski definition) is 3. The third kappa shape index (κ3) is 3.23. The predicted octanol–water partition coefficient (Wildman–Crippen LogP) is 2.16. The van der Waals surface area contributed by atoms with Crippen molar-refractivity contribution < 1.29 is 13.5 Å². The third-order valence-corrected chi connectivity index (χ3v) is 6.10. The molecule has 0 radical (unpaired) electrons. The summed E-state index contributed by atoms with van der Waals surface area (Å²) in [5.74, 6) is 0.595. The van der Waals surface area contributed by atoms with Crippen molar-refractivity contribution in [1.82, 2.24) is 19.7 Å². The molecule has 3 heterocycles. The van der Waals surface area contributed by atoms with Crippen molar-refractivity contribution in [2.45, 2.75) is 36.6 Å². The highest BCUT2D eigenvalue weighted by Gasteiger charge is 2.26. The summed E-state index contributed by atoms with van der Waals surface area (Å²) in [6, 6.07) is 6.66. The fourth-order valence-electron chi connectivity index (χ4n) is 2.95. The van der Waals surface area contributed by atoms with Gasteiger partial charge in [0.25, 0.3) is 0 Å². The van der Waals surface area contributed by atoms with Crippen LogP contribution in [-0.4, -0.2) is 41.1 Å². The first-order valence-corrected chi connectivity index (χ1v) is 10.0. The van der Waals surface area contributed by atoms with E-state index in [2.05, 4.69) is 25.7 Å². The number of aromatic nitrogens is 3. The van der Waals surface area contributed by atoms with Gasteiger partial charge in [-0.2, -0.15) is 0 Å². The molecule has 3 N–H and O–H groups in total.